The average molecular weight is 310 g/mol. The normalized spacial score (nSPS) is 10.2. The Balaban J connectivity index is 3.48. The summed E-state index contributed by atoms with van der Waals surface area (Å²) >= 11 is 1.67. The monoisotopic (exact) mass is 310 g/mol. The maximum absolute atomic E-state index is 13.3. The van der Waals surface area contributed by atoms with Gasteiger partial charge < -0.3 is 10.8 Å². The Hall–Kier alpha value is -0.920. The minimum Gasteiger partial charge on any atom is -0.476 e. The van der Waals surface area contributed by atoms with Gasteiger partial charge in [-0.2, -0.15) is 0 Å². The zero-order valence-electron chi connectivity index (χ0n) is 7.34. The van der Waals surface area contributed by atoms with Crippen LogP contribution in [0, 0.1) is 9.39 Å². The van der Waals surface area contributed by atoms with Crippen LogP contribution in [-0.4, -0.2) is 16.1 Å². The Kier molecular flexibility index (Phi) is 3.25. The van der Waals surface area contributed by atoms with Gasteiger partial charge in [0.05, 0.1) is 15.0 Å². The van der Waals surface area contributed by atoms with E-state index < -0.39 is 11.8 Å². The van der Waals surface area contributed by atoms with E-state index in [1.807, 2.05) is 0 Å². The highest BCUT2D eigenvalue weighted by molar-refractivity contribution is 14.1. The molecule has 0 radical (unpaired) electrons. The lowest BCUT2D eigenvalue weighted by Gasteiger charge is -2.07. The molecule has 6 heteroatoms. The third kappa shape index (κ3) is 1.79. The van der Waals surface area contributed by atoms with Crippen molar-refractivity contribution in [1.29, 1.82) is 0 Å². The Morgan fingerprint density at radius 3 is 2.71 bits per heavy atom. The smallest absolute Gasteiger partial charge is 0.355 e. The average Bonchev–Trinajstić information content (AvgIpc) is 2.14. The number of rotatable bonds is 2. The van der Waals surface area contributed by atoms with Gasteiger partial charge in [0, 0.05) is 0 Å². The van der Waals surface area contributed by atoms with Gasteiger partial charge in [0.15, 0.2) is 11.5 Å². The van der Waals surface area contributed by atoms with Crippen LogP contribution < -0.4 is 5.73 Å². The Morgan fingerprint density at radius 2 is 2.29 bits per heavy atom. The summed E-state index contributed by atoms with van der Waals surface area (Å²) in [6, 6.07) is 0. The molecule has 0 amide bonds. The second kappa shape index (κ2) is 4.07. The summed E-state index contributed by atoms with van der Waals surface area (Å²) in [7, 11) is 0. The molecule has 4 nitrogen and oxygen atoms in total. The SMILES string of the molecule is CCc1nc(C(=O)O)c(I)c(N)c1F. The summed E-state index contributed by atoms with van der Waals surface area (Å²) < 4.78 is 13.5. The van der Waals surface area contributed by atoms with E-state index in [0.717, 1.165) is 0 Å². The van der Waals surface area contributed by atoms with Crippen molar-refractivity contribution in [2.24, 2.45) is 0 Å². The molecule has 1 aromatic heterocycles. The summed E-state index contributed by atoms with van der Waals surface area (Å²) in [6.07, 6.45) is 0.313. The maximum Gasteiger partial charge on any atom is 0.355 e. The first kappa shape index (κ1) is 11.2. The van der Waals surface area contributed by atoms with Crippen molar-refractivity contribution in [3.8, 4) is 0 Å². The molecule has 3 N–H and O–H groups in total. The van der Waals surface area contributed by atoms with Crippen molar-refractivity contribution < 1.29 is 14.3 Å². The van der Waals surface area contributed by atoms with Gasteiger partial charge in [-0.15, -0.1) is 0 Å². The van der Waals surface area contributed by atoms with Crippen LogP contribution in [0.15, 0.2) is 0 Å². The number of aromatic carboxylic acids is 1. The van der Waals surface area contributed by atoms with Crippen LogP contribution in [0.3, 0.4) is 0 Å². The second-order valence-electron chi connectivity index (χ2n) is 2.61. The van der Waals surface area contributed by atoms with E-state index in [1.54, 1.807) is 29.5 Å². The zero-order valence-corrected chi connectivity index (χ0v) is 9.50. The van der Waals surface area contributed by atoms with Crippen molar-refractivity contribution in [1.82, 2.24) is 4.98 Å². The number of anilines is 1. The van der Waals surface area contributed by atoms with Gasteiger partial charge in [0.2, 0.25) is 0 Å². The van der Waals surface area contributed by atoms with Crippen LogP contribution in [0.2, 0.25) is 0 Å². The highest BCUT2D eigenvalue weighted by Gasteiger charge is 2.19. The van der Waals surface area contributed by atoms with Crippen LogP contribution in [0.4, 0.5) is 10.1 Å². The van der Waals surface area contributed by atoms with Gasteiger partial charge in [-0.3, -0.25) is 0 Å². The number of pyridine rings is 1. The molecule has 76 valence electrons. The molecular formula is C8H8FIN2O2. The molecule has 0 unspecified atom stereocenters. The Morgan fingerprint density at radius 1 is 1.71 bits per heavy atom. The fraction of sp³-hybridized carbons (Fsp3) is 0.250. The molecule has 1 heterocycles. The van der Waals surface area contributed by atoms with Crippen LogP contribution in [0.1, 0.15) is 23.1 Å². The standard InChI is InChI=1S/C8H8FIN2O2/c1-2-3-4(9)6(11)5(10)7(12-3)8(13)14/h2H2,1H3,(H2,11,12)(H,13,14). The number of hydrogen-bond acceptors (Lipinski definition) is 3. The number of carboxylic acid groups (broad SMARTS) is 1. The highest BCUT2D eigenvalue weighted by atomic mass is 127. The molecule has 0 bridgehead atoms. The van der Waals surface area contributed by atoms with Crippen molar-refractivity contribution in [3.63, 3.8) is 0 Å². The van der Waals surface area contributed by atoms with Crippen molar-refractivity contribution in [3.05, 3.63) is 20.8 Å². The molecule has 1 aromatic rings. The predicted molar refractivity (Wildman–Crippen MR) is 57.7 cm³/mol. The minimum atomic E-state index is -1.20. The molecule has 1 rings (SSSR count). The number of aromatic nitrogens is 1. The zero-order chi connectivity index (χ0) is 10.9. The lowest BCUT2D eigenvalue weighted by molar-refractivity contribution is 0.0689. The molecule has 0 aliphatic rings. The number of carbonyl (C=O) groups is 1. The van der Waals surface area contributed by atoms with E-state index >= 15 is 0 Å². The Labute approximate surface area is 93.5 Å². The number of nitrogen functional groups attached to an aromatic ring is 1. The van der Waals surface area contributed by atoms with Crippen molar-refractivity contribution >= 4 is 34.2 Å². The maximum atomic E-state index is 13.3. The van der Waals surface area contributed by atoms with Crippen LogP contribution in [0.25, 0.3) is 0 Å². The molecule has 0 saturated carbocycles. The molecule has 0 atom stereocenters. The van der Waals surface area contributed by atoms with E-state index in [4.69, 9.17) is 10.8 Å². The first-order valence-electron chi connectivity index (χ1n) is 3.85. The minimum absolute atomic E-state index is 0.0836. The predicted octanol–water partition coefficient (Wildman–Crippen LogP) is 1.67. The lowest BCUT2D eigenvalue weighted by Crippen LogP contribution is -2.11. The molecule has 0 spiro atoms. The number of nitrogens with zero attached hydrogens (tertiary/aromatic N) is 1. The second-order valence-corrected chi connectivity index (χ2v) is 3.69. The number of aryl methyl sites for hydroxylation is 1. The van der Waals surface area contributed by atoms with Crippen LogP contribution >= 0.6 is 22.6 Å². The number of hydrogen-bond donors (Lipinski definition) is 2. The molecule has 0 aliphatic heterocycles. The topological polar surface area (TPSA) is 76.2 Å². The van der Waals surface area contributed by atoms with E-state index in [2.05, 4.69) is 4.98 Å². The molecular weight excluding hydrogens is 302 g/mol. The third-order valence-corrected chi connectivity index (χ3v) is 2.81. The first-order valence-corrected chi connectivity index (χ1v) is 4.93. The van der Waals surface area contributed by atoms with E-state index in [9.17, 15) is 9.18 Å². The molecule has 14 heavy (non-hydrogen) atoms. The number of carboxylic acids is 1. The van der Waals surface area contributed by atoms with Crippen molar-refractivity contribution in [2.45, 2.75) is 13.3 Å². The van der Waals surface area contributed by atoms with Crippen LogP contribution in [-0.2, 0) is 6.42 Å². The van der Waals surface area contributed by atoms with Gasteiger partial charge in [-0.25, -0.2) is 14.2 Å². The van der Waals surface area contributed by atoms with Crippen molar-refractivity contribution in [2.75, 3.05) is 5.73 Å². The summed E-state index contributed by atoms with van der Waals surface area (Å²) in [6.45, 7) is 1.68. The summed E-state index contributed by atoms with van der Waals surface area (Å²) in [5, 5.41) is 8.76. The quantitative estimate of drug-likeness (QED) is 0.815. The van der Waals surface area contributed by atoms with E-state index in [1.165, 1.54) is 0 Å². The van der Waals surface area contributed by atoms with Gasteiger partial charge in [0.25, 0.3) is 0 Å². The fourth-order valence-electron chi connectivity index (χ4n) is 0.988. The van der Waals surface area contributed by atoms with E-state index in [-0.39, 0.29) is 20.6 Å². The lowest BCUT2D eigenvalue weighted by atomic mass is 10.2. The molecule has 0 aliphatic carbocycles. The number of nitrogens with two attached hydrogens (primary N) is 1. The summed E-state index contributed by atoms with van der Waals surface area (Å²) in [4.78, 5) is 14.4. The molecule has 0 aromatic carbocycles. The molecule has 0 saturated heterocycles. The number of halogens is 2. The van der Waals surface area contributed by atoms with Gasteiger partial charge in [-0.05, 0) is 29.0 Å². The summed E-state index contributed by atoms with van der Waals surface area (Å²) in [5.74, 6) is -1.82. The third-order valence-electron chi connectivity index (χ3n) is 1.72. The summed E-state index contributed by atoms with van der Waals surface area (Å²) in [5.41, 5.74) is 5.16. The Bertz CT molecular complexity index is 395. The van der Waals surface area contributed by atoms with Gasteiger partial charge in [0.1, 0.15) is 0 Å². The fourth-order valence-corrected chi connectivity index (χ4v) is 1.58. The largest absolute Gasteiger partial charge is 0.476 e. The van der Waals surface area contributed by atoms with Crippen LogP contribution in [0.5, 0.6) is 0 Å². The first-order chi connectivity index (χ1) is 6.49. The van der Waals surface area contributed by atoms with Gasteiger partial charge in [-0.1, -0.05) is 6.92 Å². The highest BCUT2D eigenvalue weighted by Crippen LogP contribution is 2.23. The molecule has 0 fully saturated rings. The van der Waals surface area contributed by atoms with Gasteiger partial charge >= 0.3 is 5.97 Å². The van der Waals surface area contributed by atoms with E-state index in [0.29, 0.717) is 6.42 Å².